The molecule has 1 heterocycles. The monoisotopic (exact) mass is 216 g/mol. The zero-order valence-electron chi connectivity index (χ0n) is 9.23. The lowest BCUT2D eigenvalue weighted by molar-refractivity contribution is 0.156. The van der Waals surface area contributed by atoms with Gasteiger partial charge in [0.2, 0.25) is 0 Å². The number of nitrogens with zero attached hydrogens (tertiary/aromatic N) is 1. The molecule has 0 amide bonds. The molecule has 2 unspecified atom stereocenters. The summed E-state index contributed by atoms with van der Waals surface area (Å²) in [7, 11) is 0. The Hall–Kier alpha value is -1.53. The van der Waals surface area contributed by atoms with Crippen LogP contribution in [0.1, 0.15) is 24.8 Å². The SMILES string of the molecule is N#CCC(N)CC1CCc2ccccc2O1. The number of nitrogens with two attached hydrogens (primary N) is 1. The van der Waals surface area contributed by atoms with E-state index < -0.39 is 0 Å². The van der Waals surface area contributed by atoms with E-state index in [1.807, 2.05) is 18.2 Å². The normalized spacial score (nSPS) is 20.4. The number of benzene rings is 1. The zero-order valence-corrected chi connectivity index (χ0v) is 9.23. The van der Waals surface area contributed by atoms with E-state index in [-0.39, 0.29) is 12.1 Å². The third-order valence-electron chi connectivity index (χ3n) is 2.92. The van der Waals surface area contributed by atoms with E-state index in [2.05, 4.69) is 12.1 Å². The van der Waals surface area contributed by atoms with E-state index in [9.17, 15) is 0 Å². The van der Waals surface area contributed by atoms with Crippen LogP contribution in [0.25, 0.3) is 0 Å². The van der Waals surface area contributed by atoms with Crippen LogP contribution in [-0.2, 0) is 6.42 Å². The maximum Gasteiger partial charge on any atom is 0.122 e. The fourth-order valence-electron chi connectivity index (χ4n) is 2.08. The van der Waals surface area contributed by atoms with Gasteiger partial charge in [0, 0.05) is 12.5 Å². The van der Waals surface area contributed by atoms with Crippen molar-refractivity contribution in [1.29, 1.82) is 5.26 Å². The summed E-state index contributed by atoms with van der Waals surface area (Å²) in [5.74, 6) is 0.975. The Balaban J connectivity index is 1.95. The van der Waals surface area contributed by atoms with Crippen LogP contribution >= 0.6 is 0 Å². The van der Waals surface area contributed by atoms with Crippen molar-refractivity contribution in [3.05, 3.63) is 29.8 Å². The summed E-state index contributed by atoms with van der Waals surface area (Å²) in [6, 6.07) is 10.1. The average Bonchev–Trinajstić information content (AvgIpc) is 2.29. The van der Waals surface area contributed by atoms with Crippen LogP contribution in [0.4, 0.5) is 0 Å². The highest BCUT2D eigenvalue weighted by Gasteiger charge is 2.21. The molecule has 0 aliphatic carbocycles. The molecule has 0 saturated heterocycles. The molecule has 0 saturated carbocycles. The highest BCUT2D eigenvalue weighted by Crippen LogP contribution is 2.28. The maximum atomic E-state index is 8.55. The molecule has 0 radical (unpaired) electrons. The Labute approximate surface area is 95.8 Å². The van der Waals surface area contributed by atoms with Gasteiger partial charge >= 0.3 is 0 Å². The van der Waals surface area contributed by atoms with Gasteiger partial charge in [-0.1, -0.05) is 18.2 Å². The predicted molar refractivity (Wildman–Crippen MR) is 62.0 cm³/mol. The standard InChI is InChI=1S/C13H16N2O/c14-8-7-11(15)9-12-6-5-10-3-1-2-4-13(10)16-12/h1-4,11-12H,5-7,9,15H2. The molecule has 1 aliphatic rings. The van der Waals surface area contributed by atoms with Crippen molar-refractivity contribution in [3.63, 3.8) is 0 Å². The largest absolute Gasteiger partial charge is 0.490 e. The smallest absolute Gasteiger partial charge is 0.122 e. The summed E-state index contributed by atoms with van der Waals surface area (Å²) >= 11 is 0. The molecule has 0 bridgehead atoms. The van der Waals surface area contributed by atoms with E-state index in [4.69, 9.17) is 15.7 Å². The second kappa shape index (κ2) is 5.00. The maximum absolute atomic E-state index is 8.55. The van der Waals surface area contributed by atoms with Gasteiger partial charge in [-0.15, -0.1) is 0 Å². The first kappa shape index (κ1) is 11.0. The van der Waals surface area contributed by atoms with Crippen molar-refractivity contribution in [3.8, 4) is 11.8 Å². The van der Waals surface area contributed by atoms with Crippen LogP contribution in [0, 0.1) is 11.3 Å². The predicted octanol–water partition coefficient (Wildman–Crippen LogP) is 2.01. The van der Waals surface area contributed by atoms with Gasteiger partial charge in [-0.25, -0.2) is 0 Å². The Morgan fingerprint density at radius 2 is 2.31 bits per heavy atom. The fraction of sp³-hybridized carbons (Fsp3) is 0.462. The van der Waals surface area contributed by atoms with Crippen LogP contribution < -0.4 is 10.5 Å². The Morgan fingerprint density at radius 3 is 3.12 bits per heavy atom. The second-order valence-corrected chi connectivity index (χ2v) is 4.24. The van der Waals surface area contributed by atoms with E-state index in [0.29, 0.717) is 6.42 Å². The minimum absolute atomic E-state index is 0.0692. The van der Waals surface area contributed by atoms with Gasteiger partial charge in [0.1, 0.15) is 11.9 Å². The molecule has 84 valence electrons. The van der Waals surface area contributed by atoms with E-state index in [1.54, 1.807) is 0 Å². The molecule has 3 heteroatoms. The van der Waals surface area contributed by atoms with Gasteiger partial charge in [0.15, 0.2) is 0 Å². The number of rotatable bonds is 3. The molecule has 3 nitrogen and oxygen atoms in total. The number of aryl methyl sites for hydroxylation is 1. The number of fused-ring (bicyclic) bond motifs is 1. The molecule has 16 heavy (non-hydrogen) atoms. The molecule has 0 aromatic heterocycles. The van der Waals surface area contributed by atoms with Crippen molar-refractivity contribution < 1.29 is 4.74 Å². The van der Waals surface area contributed by atoms with Gasteiger partial charge in [0.05, 0.1) is 12.5 Å². The minimum atomic E-state index is -0.0692. The molecule has 0 spiro atoms. The van der Waals surface area contributed by atoms with Crippen molar-refractivity contribution in [2.45, 2.75) is 37.8 Å². The summed E-state index contributed by atoms with van der Waals surface area (Å²) in [5, 5.41) is 8.55. The molecule has 2 rings (SSSR count). The molecular weight excluding hydrogens is 200 g/mol. The van der Waals surface area contributed by atoms with Gasteiger partial charge in [-0.2, -0.15) is 5.26 Å². The fourth-order valence-corrected chi connectivity index (χ4v) is 2.08. The van der Waals surface area contributed by atoms with Crippen molar-refractivity contribution >= 4 is 0 Å². The lowest BCUT2D eigenvalue weighted by atomic mass is 9.97. The minimum Gasteiger partial charge on any atom is -0.490 e. The summed E-state index contributed by atoms with van der Waals surface area (Å²) in [5.41, 5.74) is 7.10. The number of para-hydroxylation sites is 1. The molecule has 1 aromatic rings. The molecule has 0 fully saturated rings. The molecule has 2 atom stereocenters. The van der Waals surface area contributed by atoms with Crippen LogP contribution in [0.2, 0.25) is 0 Å². The van der Waals surface area contributed by atoms with Gasteiger partial charge in [-0.3, -0.25) is 0 Å². The quantitative estimate of drug-likeness (QED) is 0.840. The molecule has 1 aromatic carbocycles. The van der Waals surface area contributed by atoms with Crippen LogP contribution in [0.3, 0.4) is 0 Å². The highest BCUT2D eigenvalue weighted by molar-refractivity contribution is 5.35. The summed E-state index contributed by atoms with van der Waals surface area (Å²) in [4.78, 5) is 0. The van der Waals surface area contributed by atoms with Crippen LogP contribution in [0.5, 0.6) is 5.75 Å². The summed E-state index contributed by atoms with van der Waals surface area (Å²) in [6.45, 7) is 0. The number of nitriles is 1. The number of hydrogen-bond donors (Lipinski definition) is 1. The van der Waals surface area contributed by atoms with Crippen molar-refractivity contribution in [1.82, 2.24) is 0 Å². The summed E-state index contributed by atoms with van der Waals surface area (Å²) in [6.07, 6.45) is 3.37. The molecular formula is C13H16N2O. The Bertz CT molecular complexity index is 397. The second-order valence-electron chi connectivity index (χ2n) is 4.24. The number of ether oxygens (including phenoxy) is 1. The van der Waals surface area contributed by atoms with Crippen molar-refractivity contribution in [2.24, 2.45) is 5.73 Å². The first-order chi connectivity index (χ1) is 7.79. The summed E-state index contributed by atoms with van der Waals surface area (Å²) < 4.78 is 5.86. The van der Waals surface area contributed by atoms with E-state index >= 15 is 0 Å². The molecule has 2 N–H and O–H groups in total. The van der Waals surface area contributed by atoms with Gasteiger partial charge < -0.3 is 10.5 Å². The van der Waals surface area contributed by atoms with Crippen molar-refractivity contribution in [2.75, 3.05) is 0 Å². The topological polar surface area (TPSA) is 59.0 Å². The van der Waals surface area contributed by atoms with E-state index in [1.165, 1.54) is 5.56 Å². The lowest BCUT2D eigenvalue weighted by Crippen LogP contribution is -2.31. The number of hydrogen-bond acceptors (Lipinski definition) is 3. The highest BCUT2D eigenvalue weighted by atomic mass is 16.5. The third kappa shape index (κ3) is 2.53. The van der Waals surface area contributed by atoms with Crippen LogP contribution in [0.15, 0.2) is 24.3 Å². The Morgan fingerprint density at radius 1 is 1.50 bits per heavy atom. The lowest BCUT2D eigenvalue weighted by Gasteiger charge is -2.27. The molecule has 1 aliphatic heterocycles. The third-order valence-corrected chi connectivity index (χ3v) is 2.92. The first-order valence-electron chi connectivity index (χ1n) is 5.66. The first-order valence-corrected chi connectivity index (χ1v) is 5.66. The van der Waals surface area contributed by atoms with Gasteiger partial charge in [0.25, 0.3) is 0 Å². The van der Waals surface area contributed by atoms with E-state index in [0.717, 1.165) is 25.0 Å². The van der Waals surface area contributed by atoms with Crippen LogP contribution in [-0.4, -0.2) is 12.1 Å². The average molecular weight is 216 g/mol. The zero-order chi connectivity index (χ0) is 11.4. The van der Waals surface area contributed by atoms with Gasteiger partial charge in [-0.05, 0) is 24.5 Å². The Kier molecular flexibility index (Phi) is 3.43.